The molecule has 1 spiro atoms. The number of carbonyl (C=O) groups is 1. The third kappa shape index (κ3) is 3.36. The molecule has 24 heavy (non-hydrogen) atoms. The number of hydrogen-bond acceptors (Lipinski definition) is 5. The lowest BCUT2D eigenvalue weighted by atomic mass is 9.90. The van der Waals surface area contributed by atoms with Gasteiger partial charge < -0.3 is 15.0 Å². The minimum atomic E-state index is -0.423. The first-order valence-electron chi connectivity index (χ1n) is 8.82. The van der Waals surface area contributed by atoms with Crippen LogP contribution in [0.25, 0.3) is 0 Å². The summed E-state index contributed by atoms with van der Waals surface area (Å²) in [5, 5.41) is 3.03. The topological polar surface area (TPSA) is 67.4 Å². The molecule has 1 aromatic rings. The van der Waals surface area contributed by atoms with Gasteiger partial charge in [0, 0.05) is 25.6 Å². The van der Waals surface area contributed by atoms with Gasteiger partial charge in [0.15, 0.2) is 5.82 Å². The van der Waals surface area contributed by atoms with Crippen molar-refractivity contribution >= 4 is 11.9 Å². The van der Waals surface area contributed by atoms with Gasteiger partial charge in [0.05, 0.1) is 24.1 Å². The van der Waals surface area contributed by atoms with Crippen LogP contribution in [0.5, 0.6) is 0 Å². The molecule has 3 aliphatic rings. The van der Waals surface area contributed by atoms with Crippen LogP contribution in [0.2, 0.25) is 0 Å². The molecular weight excluding hydrogens is 311 g/mol. The molecule has 0 radical (unpaired) electrons. The fourth-order valence-corrected chi connectivity index (χ4v) is 3.76. The van der Waals surface area contributed by atoms with Crippen molar-refractivity contribution in [3.8, 4) is 0 Å². The zero-order valence-electron chi connectivity index (χ0n) is 13.7. The van der Waals surface area contributed by atoms with Crippen LogP contribution in [-0.4, -0.2) is 47.2 Å². The number of nitrogens with zero attached hydrogens (tertiary/aromatic N) is 3. The largest absolute Gasteiger partial charge is 0.368 e. The Morgan fingerprint density at radius 1 is 1.33 bits per heavy atom. The summed E-state index contributed by atoms with van der Waals surface area (Å²) in [6.45, 7) is 2.14. The first-order valence-corrected chi connectivity index (χ1v) is 8.82. The van der Waals surface area contributed by atoms with E-state index in [1.807, 2.05) is 0 Å². The highest BCUT2D eigenvalue weighted by molar-refractivity contribution is 5.80. The second-order valence-electron chi connectivity index (χ2n) is 7.21. The third-order valence-corrected chi connectivity index (χ3v) is 5.23. The smallest absolute Gasteiger partial charge is 0.225 e. The lowest BCUT2D eigenvalue weighted by Gasteiger charge is -2.38. The van der Waals surface area contributed by atoms with Crippen molar-refractivity contribution in [2.75, 3.05) is 24.5 Å². The molecule has 130 valence electrons. The maximum Gasteiger partial charge on any atom is 0.225 e. The molecule has 4 rings (SSSR count). The summed E-state index contributed by atoms with van der Waals surface area (Å²) in [6.07, 6.45) is 8.54. The fraction of sp³-hybridized carbons (Fsp3) is 0.706. The minimum Gasteiger partial charge on any atom is -0.368 e. The molecule has 1 amide bonds. The summed E-state index contributed by atoms with van der Waals surface area (Å²) in [6, 6.07) is 0. The zero-order chi connectivity index (χ0) is 16.6. The molecule has 2 aliphatic heterocycles. The Morgan fingerprint density at radius 3 is 2.88 bits per heavy atom. The van der Waals surface area contributed by atoms with Crippen molar-refractivity contribution in [1.82, 2.24) is 15.3 Å². The molecule has 2 atom stereocenters. The summed E-state index contributed by atoms with van der Waals surface area (Å²) in [7, 11) is 0. The van der Waals surface area contributed by atoms with E-state index in [4.69, 9.17) is 4.74 Å². The molecule has 1 N–H and O–H groups in total. The Bertz CT molecular complexity index is 607. The van der Waals surface area contributed by atoms with Gasteiger partial charge in [0.2, 0.25) is 11.9 Å². The highest BCUT2D eigenvalue weighted by atomic mass is 19.1. The lowest BCUT2D eigenvalue weighted by Crippen LogP contribution is -2.47. The minimum absolute atomic E-state index is 0.0792. The molecule has 0 aromatic carbocycles. The van der Waals surface area contributed by atoms with E-state index in [0.29, 0.717) is 12.5 Å². The Labute approximate surface area is 140 Å². The van der Waals surface area contributed by atoms with Gasteiger partial charge in [-0.1, -0.05) is 0 Å². The van der Waals surface area contributed by atoms with Crippen molar-refractivity contribution in [2.24, 2.45) is 5.92 Å². The van der Waals surface area contributed by atoms with E-state index < -0.39 is 5.82 Å². The highest BCUT2D eigenvalue weighted by Gasteiger charge is 2.44. The van der Waals surface area contributed by atoms with E-state index >= 15 is 0 Å². The van der Waals surface area contributed by atoms with Crippen LogP contribution in [0.3, 0.4) is 0 Å². The van der Waals surface area contributed by atoms with Crippen LogP contribution in [0, 0.1) is 11.7 Å². The zero-order valence-corrected chi connectivity index (χ0v) is 13.7. The second-order valence-corrected chi connectivity index (χ2v) is 7.21. The normalized spacial score (nSPS) is 29.9. The third-order valence-electron chi connectivity index (χ3n) is 5.23. The Morgan fingerprint density at radius 2 is 2.12 bits per heavy atom. The second kappa shape index (κ2) is 6.27. The summed E-state index contributed by atoms with van der Waals surface area (Å²) in [5.74, 6) is 0.542. The molecule has 3 heterocycles. The Hall–Kier alpha value is -1.76. The number of nitrogens with one attached hydrogen (secondary N) is 1. The number of ether oxygens (including phenoxy) is 1. The van der Waals surface area contributed by atoms with E-state index in [1.54, 1.807) is 0 Å². The molecule has 6 nitrogen and oxygen atoms in total. The van der Waals surface area contributed by atoms with Crippen LogP contribution in [0.15, 0.2) is 12.4 Å². The number of hydrogen-bond donors (Lipinski definition) is 1. The maximum absolute atomic E-state index is 13.0. The molecule has 2 saturated heterocycles. The van der Waals surface area contributed by atoms with Gasteiger partial charge in [0.25, 0.3) is 0 Å². The van der Waals surface area contributed by atoms with Crippen LogP contribution in [0.1, 0.15) is 38.5 Å². The van der Waals surface area contributed by atoms with E-state index in [2.05, 4.69) is 20.2 Å². The van der Waals surface area contributed by atoms with Crippen molar-refractivity contribution < 1.29 is 13.9 Å². The van der Waals surface area contributed by atoms with Crippen LogP contribution >= 0.6 is 0 Å². The fourth-order valence-electron chi connectivity index (χ4n) is 3.76. The summed E-state index contributed by atoms with van der Waals surface area (Å²) in [5.41, 5.74) is -0.190. The van der Waals surface area contributed by atoms with Gasteiger partial charge in [-0.15, -0.1) is 0 Å². The molecule has 1 aliphatic carbocycles. The molecule has 0 bridgehead atoms. The first-order chi connectivity index (χ1) is 11.6. The maximum atomic E-state index is 13.0. The van der Waals surface area contributed by atoms with E-state index in [0.717, 1.165) is 51.6 Å². The number of anilines is 1. The average molecular weight is 334 g/mol. The van der Waals surface area contributed by atoms with Crippen molar-refractivity contribution in [3.05, 3.63) is 18.2 Å². The number of halogens is 1. The van der Waals surface area contributed by atoms with Gasteiger partial charge in [-0.25, -0.2) is 14.4 Å². The average Bonchev–Trinajstić information content (AvgIpc) is 3.37. The summed E-state index contributed by atoms with van der Waals surface area (Å²) >= 11 is 0. The van der Waals surface area contributed by atoms with Crippen molar-refractivity contribution in [2.45, 2.75) is 50.2 Å². The SMILES string of the molecule is O=C(NC[C@H]1CCC[C@]2(CCN(c3ncc(F)cn3)C2)O1)C1CC1. The van der Waals surface area contributed by atoms with E-state index in [1.165, 1.54) is 12.4 Å². The lowest BCUT2D eigenvalue weighted by molar-refractivity contribution is -0.129. The molecule has 7 heteroatoms. The molecular formula is C17H23FN4O2. The van der Waals surface area contributed by atoms with E-state index in [-0.39, 0.29) is 23.5 Å². The van der Waals surface area contributed by atoms with Gasteiger partial charge in [-0.05, 0) is 38.5 Å². The number of amides is 1. The van der Waals surface area contributed by atoms with Crippen LogP contribution in [0.4, 0.5) is 10.3 Å². The molecule has 0 unspecified atom stereocenters. The van der Waals surface area contributed by atoms with Crippen LogP contribution < -0.4 is 10.2 Å². The molecule has 1 saturated carbocycles. The van der Waals surface area contributed by atoms with Gasteiger partial charge in [-0.3, -0.25) is 4.79 Å². The van der Waals surface area contributed by atoms with Gasteiger partial charge in [-0.2, -0.15) is 0 Å². The number of aromatic nitrogens is 2. The van der Waals surface area contributed by atoms with E-state index in [9.17, 15) is 9.18 Å². The Kier molecular flexibility index (Phi) is 4.12. The number of carbonyl (C=O) groups excluding carboxylic acids is 1. The Balaban J connectivity index is 1.34. The van der Waals surface area contributed by atoms with Gasteiger partial charge in [0.1, 0.15) is 0 Å². The number of rotatable bonds is 4. The predicted molar refractivity (Wildman–Crippen MR) is 86.0 cm³/mol. The van der Waals surface area contributed by atoms with Crippen molar-refractivity contribution in [1.29, 1.82) is 0 Å². The quantitative estimate of drug-likeness (QED) is 0.907. The monoisotopic (exact) mass is 334 g/mol. The standard InChI is InChI=1S/C17H23FN4O2/c18-13-8-20-16(21-9-13)22-7-6-17(11-22)5-1-2-14(24-17)10-19-15(23)12-3-4-12/h8-9,12,14H,1-7,10-11H2,(H,19,23)/t14-,17-/m1/s1. The summed E-state index contributed by atoms with van der Waals surface area (Å²) < 4.78 is 19.4. The van der Waals surface area contributed by atoms with Crippen molar-refractivity contribution in [3.63, 3.8) is 0 Å². The summed E-state index contributed by atoms with van der Waals surface area (Å²) in [4.78, 5) is 22.0. The van der Waals surface area contributed by atoms with Crippen LogP contribution in [-0.2, 0) is 9.53 Å². The first kappa shape index (κ1) is 15.7. The highest BCUT2D eigenvalue weighted by Crippen LogP contribution is 2.37. The molecule has 3 fully saturated rings. The predicted octanol–water partition coefficient (Wildman–Crippen LogP) is 1.66. The molecule has 1 aromatic heterocycles. The van der Waals surface area contributed by atoms with Gasteiger partial charge >= 0.3 is 0 Å².